The zero-order valence-electron chi connectivity index (χ0n) is 12.1. The van der Waals surface area contributed by atoms with Crippen molar-refractivity contribution in [2.45, 2.75) is 18.9 Å². The van der Waals surface area contributed by atoms with E-state index in [4.69, 9.17) is 0 Å². The molecule has 0 radical (unpaired) electrons. The van der Waals surface area contributed by atoms with Crippen molar-refractivity contribution in [3.63, 3.8) is 0 Å². The van der Waals surface area contributed by atoms with E-state index in [0.717, 1.165) is 16.7 Å². The third kappa shape index (κ3) is 2.42. The molecule has 3 rings (SSSR count). The highest BCUT2D eigenvalue weighted by Gasteiger charge is 2.18. The smallest absolute Gasteiger partial charge is 0.145 e. The van der Waals surface area contributed by atoms with Crippen molar-refractivity contribution in [1.82, 2.24) is 15.0 Å². The Morgan fingerprint density at radius 2 is 1.82 bits per heavy atom. The summed E-state index contributed by atoms with van der Waals surface area (Å²) in [5.74, 6) is -0.0928. The molecule has 0 aliphatic heterocycles. The summed E-state index contributed by atoms with van der Waals surface area (Å²) in [6.07, 6.45) is 0. The van der Waals surface area contributed by atoms with Crippen molar-refractivity contribution in [3.05, 3.63) is 47.5 Å². The van der Waals surface area contributed by atoms with Crippen molar-refractivity contribution < 1.29 is 10.2 Å². The third-order valence-electron chi connectivity index (χ3n) is 3.48. The van der Waals surface area contributed by atoms with Crippen LogP contribution in [0.2, 0.25) is 0 Å². The molecule has 0 bridgehead atoms. The standard InChI is InChI=1S/C16H15N3O2S/c1-9-3-5-12(10(2)7-9)15-16(22)17-18-19(15)13-6-4-11(20)8-14(13)21/h3-8,20-22H,1-2H3. The summed E-state index contributed by atoms with van der Waals surface area (Å²) in [5.41, 5.74) is 4.29. The highest BCUT2D eigenvalue weighted by atomic mass is 32.1. The fourth-order valence-electron chi connectivity index (χ4n) is 2.45. The van der Waals surface area contributed by atoms with Crippen LogP contribution < -0.4 is 0 Å². The molecule has 0 amide bonds. The van der Waals surface area contributed by atoms with Crippen LogP contribution in [-0.2, 0) is 0 Å². The van der Waals surface area contributed by atoms with E-state index in [1.54, 1.807) is 6.07 Å². The van der Waals surface area contributed by atoms with E-state index >= 15 is 0 Å². The van der Waals surface area contributed by atoms with Gasteiger partial charge in [-0.2, -0.15) is 0 Å². The Morgan fingerprint density at radius 3 is 2.50 bits per heavy atom. The SMILES string of the molecule is Cc1ccc(-c2c(S)nnn2-c2ccc(O)cc2O)c(C)c1. The first-order valence-corrected chi connectivity index (χ1v) is 7.16. The van der Waals surface area contributed by atoms with Crippen LogP contribution >= 0.6 is 12.6 Å². The summed E-state index contributed by atoms with van der Waals surface area (Å²) < 4.78 is 1.52. The van der Waals surface area contributed by atoms with Gasteiger partial charge in [0, 0.05) is 11.6 Å². The monoisotopic (exact) mass is 313 g/mol. The Morgan fingerprint density at radius 1 is 1.05 bits per heavy atom. The highest BCUT2D eigenvalue weighted by Crippen LogP contribution is 2.34. The Labute approximate surface area is 133 Å². The van der Waals surface area contributed by atoms with Crippen molar-refractivity contribution in [3.8, 4) is 28.4 Å². The van der Waals surface area contributed by atoms with Crippen molar-refractivity contribution >= 4 is 12.6 Å². The minimum atomic E-state index is -0.0794. The first-order valence-electron chi connectivity index (χ1n) is 6.72. The molecule has 3 aromatic rings. The third-order valence-corrected chi connectivity index (χ3v) is 3.78. The van der Waals surface area contributed by atoms with Crippen molar-refractivity contribution in [1.29, 1.82) is 0 Å². The number of hydrogen-bond acceptors (Lipinski definition) is 5. The number of nitrogens with zero attached hydrogens (tertiary/aromatic N) is 3. The van der Waals surface area contributed by atoms with Crippen LogP contribution in [0.25, 0.3) is 16.9 Å². The molecule has 22 heavy (non-hydrogen) atoms. The van der Waals surface area contributed by atoms with Gasteiger partial charge in [0.05, 0.1) is 0 Å². The predicted octanol–water partition coefficient (Wildman–Crippen LogP) is 3.25. The molecule has 0 saturated carbocycles. The van der Waals surface area contributed by atoms with E-state index in [0.29, 0.717) is 16.4 Å². The van der Waals surface area contributed by atoms with Crippen molar-refractivity contribution in [2.24, 2.45) is 0 Å². The summed E-state index contributed by atoms with van der Waals surface area (Å²) in [7, 11) is 0. The number of aryl methyl sites for hydroxylation is 2. The van der Waals surface area contributed by atoms with Gasteiger partial charge in [-0.15, -0.1) is 17.7 Å². The molecule has 1 heterocycles. The molecule has 0 unspecified atom stereocenters. The molecule has 0 atom stereocenters. The maximum absolute atomic E-state index is 10.1. The van der Waals surface area contributed by atoms with Gasteiger partial charge >= 0.3 is 0 Å². The Bertz CT molecular complexity index is 859. The molecule has 0 aliphatic rings. The number of thiol groups is 1. The zero-order valence-corrected chi connectivity index (χ0v) is 13.0. The summed E-state index contributed by atoms with van der Waals surface area (Å²) in [5, 5.41) is 28.0. The topological polar surface area (TPSA) is 71.2 Å². The van der Waals surface area contributed by atoms with Crippen LogP contribution in [0.3, 0.4) is 0 Å². The molecular weight excluding hydrogens is 298 g/mol. The molecule has 0 aliphatic carbocycles. The van der Waals surface area contributed by atoms with E-state index in [9.17, 15) is 10.2 Å². The van der Waals surface area contributed by atoms with Gasteiger partial charge in [0.25, 0.3) is 0 Å². The van der Waals surface area contributed by atoms with Gasteiger partial charge in [-0.1, -0.05) is 29.0 Å². The number of phenols is 2. The van der Waals surface area contributed by atoms with Crippen LogP contribution in [0.15, 0.2) is 41.4 Å². The van der Waals surface area contributed by atoms with Crippen LogP contribution in [0, 0.1) is 13.8 Å². The first-order chi connectivity index (χ1) is 10.5. The van der Waals surface area contributed by atoms with Gasteiger partial charge in [0.2, 0.25) is 0 Å². The molecule has 2 aromatic carbocycles. The van der Waals surface area contributed by atoms with Gasteiger partial charge in [-0.3, -0.25) is 0 Å². The Balaban J connectivity index is 2.24. The van der Waals surface area contributed by atoms with Gasteiger partial charge in [0.15, 0.2) is 0 Å². The maximum Gasteiger partial charge on any atom is 0.145 e. The van der Waals surface area contributed by atoms with E-state index in [-0.39, 0.29) is 11.5 Å². The lowest BCUT2D eigenvalue weighted by Gasteiger charge is -2.11. The van der Waals surface area contributed by atoms with E-state index in [1.807, 2.05) is 26.0 Å². The number of hydrogen-bond donors (Lipinski definition) is 3. The molecule has 1 aromatic heterocycles. The molecule has 5 nitrogen and oxygen atoms in total. The molecule has 112 valence electrons. The second-order valence-electron chi connectivity index (χ2n) is 5.16. The lowest BCUT2D eigenvalue weighted by Crippen LogP contribution is -2.01. The Hall–Kier alpha value is -2.47. The van der Waals surface area contributed by atoms with Crippen LogP contribution in [0.1, 0.15) is 11.1 Å². The lowest BCUT2D eigenvalue weighted by molar-refractivity contribution is 0.447. The Kier molecular flexibility index (Phi) is 3.54. The number of benzene rings is 2. The lowest BCUT2D eigenvalue weighted by atomic mass is 10.0. The molecule has 2 N–H and O–H groups in total. The van der Waals surface area contributed by atoms with E-state index in [2.05, 4.69) is 29.0 Å². The normalized spacial score (nSPS) is 10.9. The fourth-order valence-corrected chi connectivity index (χ4v) is 2.70. The van der Waals surface area contributed by atoms with Gasteiger partial charge in [-0.05, 0) is 31.5 Å². The highest BCUT2D eigenvalue weighted by molar-refractivity contribution is 7.80. The molecule has 0 spiro atoms. The van der Waals surface area contributed by atoms with Gasteiger partial charge in [0.1, 0.15) is 27.9 Å². The quantitative estimate of drug-likeness (QED) is 0.635. The minimum Gasteiger partial charge on any atom is -0.508 e. The van der Waals surface area contributed by atoms with Gasteiger partial charge < -0.3 is 10.2 Å². The summed E-state index contributed by atoms with van der Waals surface area (Å²) in [4.78, 5) is 0. The van der Waals surface area contributed by atoms with E-state index < -0.39 is 0 Å². The van der Waals surface area contributed by atoms with Crippen LogP contribution in [0.4, 0.5) is 0 Å². The first kappa shape index (κ1) is 14.5. The number of aromatic nitrogens is 3. The predicted molar refractivity (Wildman–Crippen MR) is 86.9 cm³/mol. The summed E-state index contributed by atoms with van der Waals surface area (Å²) >= 11 is 4.38. The summed E-state index contributed by atoms with van der Waals surface area (Å²) in [6, 6.07) is 10.4. The summed E-state index contributed by atoms with van der Waals surface area (Å²) in [6.45, 7) is 4.03. The zero-order chi connectivity index (χ0) is 15.9. The average Bonchev–Trinajstić information content (AvgIpc) is 2.81. The molecule has 6 heteroatoms. The van der Waals surface area contributed by atoms with Gasteiger partial charge in [-0.25, -0.2) is 4.68 Å². The minimum absolute atomic E-state index is 0.0134. The van der Waals surface area contributed by atoms with Crippen molar-refractivity contribution in [2.75, 3.05) is 0 Å². The number of aromatic hydroxyl groups is 2. The van der Waals surface area contributed by atoms with Crippen LogP contribution in [-0.4, -0.2) is 25.2 Å². The molecular formula is C16H15N3O2S. The second kappa shape index (κ2) is 5.38. The number of rotatable bonds is 2. The van der Waals surface area contributed by atoms with E-state index in [1.165, 1.54) is 16.8 Å². The molecule has 0 fully saturated rings. The largest absolute Gasteiger partial charge is 0.508 e. The fraction of sp³-hybridized carbons (Fsp3) is 0.125. The molecule has 0 saturated heterocycles. The average molecular weight is 313 g/mol. The maximum atomic E-state index is 10.1. The number of phenolic OH excluding ortho intramolecular Hbond substituents is 2. The van der Waals surface area contributed by atoms with Crippen LogP contribution in [0.5, 0.6) is 11.5 Å². The second-order valence-corrected chi connectivity index (χ2v) is 5.59.